The summed E-state index contributed by atoms with van der Waals surface area (Å²) < 4.78 is 10.7. The fraction of sp³-hybridized carbons (Fsp3) is 0.250. The van der Waals surface area contributed by atoms with Crippen LogP contribution in [0.15, 0.2) is 47.8 Å². The summed E-state index contributed by atoms with van der Waals surface area (Å²) in [7, 11) is 7.43. The van der Waals surface area contributed by atoms with Crippen molar-refractivity contribution in [3.63, 3.8) is 0 Å². The van der Waals surface area contributed by atoms with Gasteiger partial charge in [0.1, 0.15) is 5.01 Å². The van der Waals surface area contributed by atoms with Gasteiger partial charge < -0.3 is 14.4 Å². The number of thiazole rings is 1. The van der Waals surface area contributed by atoms with Crippen LogP contribution in [0.5, 0.6) is 11.5 Å². The van der Waals surface area contributed by atoms with Crippen LogP contribution >= 0.6 is 11.3 Å². The van der Waals surface area contributed by atoms with Crippen LogP contribution in [0.3, 0.4) is 0 Å². The van der Waals surface area contributed by atoms with Crippen LogP contribution in [-0.2, 0) is 6.54 Å². The van der Waals surface area contributed by atoms with Gasteiger partial charge >= 0.3 is 0 Å². The first-order valence-corrected chi connectivity index (χ1v) is 8.90. The van der Waals surface area contributed by atoms with Crippen LogP contribution in [0.1, 0.15) is 5.56 Å². The molecule has 5 heteroatoms. The van der Waals surface area contributed by atoms with E-state index >= 15 is 0 Å². The first kappa shape index (κ1) is 17.5. The Hall–Kier alpha value is -2.37. The molecule has 3 rings (SSSR count). The molecule has 2 aromatic carbocycles. The highest BCUT2D eigenvalue weighted by molar-refractivity contribution is 7.13. The van der Waals surface area contributed by atoms with Crippen molar-refractivity contribution in [2.75, 3.05) is 28.3 Å². The molecule has 0 radical (unpaired) electrons. The minimum atomic E-state index is 0.713. The second-order valence-electron chi connectivity index (χ2n) is 6.04. The number of ether oxygens (including phenoxy) is 2. The number of nitrogens with zero attached hydrogens (tertiary/aromatic N) is 2. The topological polar surface area (TPSA) is 34.6 Å². The van der Waals surface area contributed by atoms with Gasteiger partial charge in [0.2, 0.25) is 0 Å². The number of hydrogen-bond acceptors (Lipinski definition) is 5. The summed E-state index contributed by atoms with van der Waals surface area (Å²) >= 11 is 1.63. The van der Waals surface area contributed by atoms with Gasteiger partial charge in [0.05, 0.1) is 19.9 Å². The van der Waals surface area contributed by atoms with E-state index in [1.807, 2.05) is 18.2 Å². The lowest BCUT2D eigenvalue weighted by molar-refractivity contribution is 0.355. The quantitative estimate of drug-likeness (QED) is 0.650. The number of rotatable bonds is 6. The predicted molar refractivity (Wildman–Crippen MR) is 103 cm³/mol. The molecule has 25 heavy (non-hydrogen) atoms. The summed E-state index contributed by atoms with van der Waals surface area (Å²) in [5, 5.41) is 3.06. The Labute approximate surface area is 152 Å². The maximum Gasteiger partial charge on any atom is 0.161 e. The molecule has 0 atom stereocenters. The van der Waals surface area contributed by atoms with Gasteiger partial charge in [0, 0.05) is 23.1 Å². The minimum absolute atomic E-state index is 0.713. The molecular weight excluding hydrogens is 332 g/mol. The molecule has 0 aliphatic rings. The molecule has 4 nitrogen and oxygen atoms in total. The smallest absolute Gasteiger partial charge is 0.161 e. The summed E-state index contributed by atoms with van der Waals surface area (Å²) in [6.45, 7) is 0.939. The molecule has 0 amide bonds. The number of aromatic nitrogens is 1. The SMILES string of the molecule is COc1ccc(-c2nc(-c3ccc(CN(C)C)cc3)cs2)cc1OC. The number of benzene rings is 2. The Morgan fingerprint density at radius 3 is 2.24 bits per heavy atom. The molecule has 0 saturated heterocycles. The van der Waals surface area contributed by atoms with E-state index in [1.54, 1.807) is 25.6 Å². The third-order valence-corrected chi connectivity index (χ3v) is 4.77. The van der Waals surface area contributed by atoms with Crippen LogP contribution < -0.4 is 9.47 Å². The predicted octanol–water partition coefficient (Wildman–Crippen LogP) is 4.56. The zero-order chi connectivity index (χ0) is 17.8. The molecule has 0 bridgehead atoms. The zero-order valence-corrected chi connectivity index (χ0v) is 15.8. The van der Waals surface area contributed by atoms with Crippen LogP contribution in [-0.4, -0.2) is 38.2 Å². The fourth-order valence-electron chi connectivity index (χ4n) is 2.65. The number of hydrogen-bond donors (Lipinski definition) is 0. The maximum atomic E-state index is 5.38. The van der Waals surface area contributed by atoms with E-state index in [1.165, 1.54) is 5.56 Å². The van der Waals surface area contributed by atoms with E-state index in [0.717, 1.165) is 34.1 Å². The molecule has 130 valence electrons. The van der Waals surface area contributed by atoms with E-state index in [4.69, 9.17) is 14.5 Å². The van der Waals surface area contributed by atoms with Crippen molar-refractivity contribution >= 4 is 11.3 Å². The van der Waals surface area contributed by atoms with Crippen molar-refractivity contribution in [3.05, 3.63) is 53.4 Å². The van der Waals surface area contributed by atoms with Gasteiger partial charge in [-0.1, -0.05) is 24.3 Å². The summed E-state index contributed by atoms with van der Waals surface area (Å²) in [6.07, 6.45) is 0. The lowest BCUT2D eigenvalue weighted by Gasteiger charge is -2.09. The molecule has 1 aromatic heterocycles. The normalized spacial score (nSPS) is 10.9. The Kier molecular flexibility index (Phi) is 5.36. The molecule has 0 spiro atoms. The standard InChI is InChI=1S/C20H22N2O2S/c1-22(2)12-14-5-7-15(8-6-14)17-13-25-20(21-17)16-9-10-18(23-3)19(11-16)24-4/h5-11,13H,12H2,1-4H3. The lowest BCUT2D eigenvalue weighted by Crippen LogP contribution is -2.10. The highest BCUT2D eigenvalue weighted by Gasteiger charge is 2.10. The van der Waals surface area contributed by atoms with Gasteiger partial charge in [-0.3, -0.25) is 0 Å². The Balaban J connectivity index is 1.85. The van der Waals surface area contributed by atoms with E-state index in [9.17, 15) is 0 Å². The van der Waals surface area contributed by atoms with E-state index in [0.29, 0.717) is 5.75 Å². The molecule has 0 N–H and O–H groups in total. The molecule has 0 aliphatic heterocycles. The molecule has 3 aromatic rings. The van der Waals surface area contributed by atoms with Crippen LogP contribution in [0, 0.1) is 0 Å². The first-order valence-electron chi connectivity index (χ1n) is 8.02. The van der Waals surface area contributed by atoms with Gasteiger partial charge in [0.25, 0.3) is 0 Å². The Morgan fingerprint density at radius 1 is 0.920 bits per heavy atom. The highest BCUT2D eigenvalue weighted by Crippen LogP contribution is 2.35. The van der Waals surface area contributed by atoms with Crippen LogP contribution in [0.4, 0.5) is 0 Å². The average molecular weight is 354 g/mol. The van der Waals surface area contributed by atoms with E-state index < -0.39 is 0 Å². The molecule has 0 saturated carbocycles. The largest absolute Gasteiger partial charge is 0.493 e. The average Bonchev–Trinajstić information content (AvgIpc) is 3.11. The first-order chi connectivity index (χ1) is 12.1. The van der Waals surface area contributed by atoms with Crippen molar-refractivity contribution in [1.82, 2.24) is 9.88 Å². The number of methoxy groups -OCH3 is 2. The second kappa shape index (κ2) is 7.68. The van der Waals surface area contributed by atoms with Gasteiger partial charge in [-0.25, -0.2) is 4.98 Å². The van der Waals surface area contributed by atoms with E-state index in [-0.39, 0.29) is 0 Å². The van der Waals surface area contributed by atoms with Gasteiger partial charge in [-0.05, 0) is 37.9 Å². The van der Waals surface area contributed by atoms with Crippen molar-refractivity contribution in [3.8, 4) is 33.3 Å². The Bertz CT molecular complexity index is 841. The van der Waals surface area contributed by atoms with Crippen molar-refractivity contribution in [2.24, 2.45) is 0 Å². The Morgan fingerprint density at radius 2 is 1.60 bits per heavy atom. The third-order valence-electron chi connectivity index (χ3n) is 3.88. The summed E-state index contributed by atoms with van der Waals surface area (Å²) in [5.41, 5.74) is 4.44. The lowest BCUT2D eigenvalue weighted by atomic mass is 10.1. The molecule has 0 fully saturated rings. The van der Waals surface area contributed by atoms with E-state index in [2.05, 4.69) is 48.6 Å². The van der Waals surface area contributed by atoms with Gasteiger partial charge in [0.15, 0.2) is 11.5 Å². The van der Waals surface area contributed by atoms with Crippen molar-refractivity contribution in [1.29, 1.82) is 0 Å². The summed E-state index contributed by atoms with van der Waals surface area (Å²) in [5.74, 6) is 1.43. The molecule has 0 aliphatic carbocycles. The maximum absolute atomic E-state index is 5.38. The summed E-state index contributed by atoms with van der Waals surface area (Å²) in [4.78, 5) is 6.94. The molecule has 1 heterocycles. The fourth-order valence-corrected chi connectivity index (χ4v) is 3.48. The van der Waals surface area contributed by atoms with Crippen molar-refractivity contribution in [2.45, 2.75) is 6.54 Å². The van der Waals surface area contributed by atoms with Crippen LogP contribution in [0.2, 0.25) is 0 Å². The molecule has 0 unspecified atom stereocenters. The minimum Gasteiger partial charge on any atom is -0.493 e. The third kappa shape index (κ3) is 4.00. The second-order valence-corrected chi connectivity index (χ2v) is 6.90. The van der Waals surface area contributed by atoms with Crippen molar-refractivity contribution < 1.29 is 9.47 Å². The molecular formula is C20H22N2O2S. The van der Waals surface area contributed by atoms with Gasteiger partial charge in [-0.15, -0.1) is 11.3 Å². The van der Waals surface area contributed by atoms with Crippen LogP contribution in [0.25, 0.3) is 21.8 Å². The zero-order valence-electron chi connectivity index (χ0n) is 14.9. The summed E-state index contributed by atoms with van der Waals surface area (Å²) in [6, 6.07) is 14.4. The highest BCUT2D eigenvalue weighted by atomic mass is 32.1. The van der Waals surface area contributed by atoms with Gasteiger partial charge in [-0.2, -0.15) is 0 Å². The monoisotopic (exact) mass is 354 g/mol.